The van der Waals surface area contributed by atoms with Gasteiger partial charge in [0.05, 0.1) is 0 Å². The Morgan fingerprint density at radius 2 is 2.00 bits per heavy atom. The van der Waals surface area contributed by atoms with Crippen LogP contribution in [-0.2, 0) is 9.47 Å². The number of carbonyl (C=O) groups excluding carboxylic acids is 1. The molecule has 0 aromatic heterocycles. The maximum absolute atomic E-state index is 10.8. The van der Waals surface area contributed by atoms with Gasteiger partial charge in [0, 0.05) is 0 Å². The van der Waals surface area contributed by atoms with Gasteiger partial charge in [0.2, 0.25) is 0 Å². The van der Waals surface area contributed by atoms with Crippen molar-refractivity contribution in [2.24, 2.45) is 0 Å². The van der Waals surface area contributed by atoms with Crippen molar-refractivity contribution in [2.75, 3.05) is 0 Å². The smallest absolute Gasteiger partial charge is 0.431 e. The molecule has 66 valence electrons. The molecule has 0 amide bonds. The Hall–Kier alpha value is 0. The summed E-state index contributed by atoms with van der Waals surface area (Å²) in [5.41, 5.74) is 0. The zero-order valence-electron chi connectivity index (χ0n) is 6.96. The van der Waals surface area contributed by atoms with Crippen LogP contribution in [0.25, 0.3) is 0 Å². The SMILES string of the molecule is CCC(C)OC(=O)OC(C)I. The van der Waals surface area contributed by atoms with E-state index in [0.29, 0.717) is 0 Å². The van der Waals surface area contributed by atoms with E-state index in [1.165, 1.54) is 0 Å². The molecule has 0 aliphatic rings. The average molecular weight is 272 g/mol. The van der Waals surface area contributed by atoms with Gasteiger partial charge in [-0.3, -0.25) is 0 Å². The Labute approximate surface area is 80.6 Å². The Morgan fingerprint density at radius 3 is 2.36 bits per heavy atom. The number of rotatable bonds is 3. The molecule has 0 fully saturated rings. The normalized spacial score (nSPS) is 15.3. The van der Waals surface area contributed by atoms with Gasteiger partial charge in [0.15, 0.2) is 4.11 Å². The predicted molar refractivity (Wildman–Crippen MR) is 50.8 cm³/mol. The third kappa shape index (κ3) is 6.40. The Kier molecular flexibility index (Phi) is 5.62. The van der Waals surface area contributed by atoms with Crippen molar-refractivity contribution >= 4 is 28.7 Å². The van der Waals surface area contributed by atoms with Crippen molar-refractivity contribution in [2.45, 2.75) is 37.4 Å². The van der Waals surface area contributed by atoms with E-state index >= 15 is 0 Å². The van der Waals surface area contributed by atoms with Gasteiger partial charge in [-0.25, -0.2) is 4.79 Å². The molecule has 0 spiro atoms. The quantitative estimate of drug-likeness (QED) is 0.450. The first-order valence-electron chi connectivity index (χ1n) is 3.57. The molecule has 0 saturated heterocycles. The number of hydrogen-bond donors (Lipinski definition) is 0. The van der Waals surface area contributed by atoms with Crippen molar-refractivity contribution in [3.05, 3.63) is 0 Å². The second-order valence-electron chi connectivity index (χ2n) is 2.25. The molecule has 0 aromatic rings. The molecular weight excluding hydrogens is 259 g/mol. The number of halogens is 1. The molecule has 0 radical (unpaired) electrons. The molecule has 0 aliphatic heterocycles. The molecule has 4 heteroatoms. The third-order valence-electron chi connectivity index (χ3n) is 1.13. The standard InChI is InChI=1S/C7H13IO3/c1-4-5(2)10-7(9)11-6(3)8/h5-6H,4H2,1-3H3. The van der Waals surface area contributed by atoms with Gasteiger partial charge in [0.1, 0.15) is 6.10 Å². The van der Waals surface area contributed by atoms with E-state index in [2.05, 4.69) is 0 Å². The number of ether oxygens (including phenoxy) is 2. The van der Waals surface area contributed by atoms with Crippen LogP contribution in [0.3, 0.4) is 0 Å². The van der Waals surface area contributed by atoms with Crippen molar-refractivity contribution in [1.82, 2.24) is 0 Å². The summed E-state index contributed by atoms with van der Waals surface area (Å²) < 4.78 is 9.46. The van der Waals surface area contributed by atoms with Gasteiger partial charge in [-0.15, -0.1) is 0 Å². The molecule has 0 aliphatic carbocycles. The summed E-state index contributed by atoms with van der Waals surface area (Å²) in [7, 11) is 0. The van der Waals surface area contributed by atoms with Crippen LogP contribution >= 0.6 is 22.6 Å². The highest BCUT2D eigenvalue weighted by molar-refractivity contribution is 14.1. The van der Waals surface area contributed by atoms with Crippen LogP contribution in [0.1, 0.15) is 27.2 Å². The highest BCUT2D eigenvalue weighted by atomic mass is 127. The van der Waals surface area contributed by atoms with Crippen molar-refractivity contribution < 1.29 is 14.3 Å². The Bertz CT molecular complexity index is 125. The monoisotopic (exact) mass is 272 g/mol. The van der Waals surface area contributed by atoms with Crippen LogP contribution in [0.4, 0.5) is 4.79 Å². The zero-order valence-corrected chi connectivity index (χ0v) is 9.12. The second-order valence-corrected chi connectivity index (χ2v) is 4.00. The fraction of sp³-hybridized carbons (Fsp3) is 0.857. The molecule has 2 atom stereocenters. The van der Waals surface area contributed by atoms with Gasteiger partial charge >= 0.3 is 6.16 Å². The lowest BCUT2D eigenvalue weighted by atomic mass is 10.3. The van der Waals surface area contributed by atoms with E-state index in [4.69, 9.17) is 9.47 Å². The van der Waals surface area contributed by atoms with Crippen LogP contribution < -0.4 is 0 Å². The minimum Gasteiger partial charge on any atom is -0.431 e. The highest BCUT2D eigenvalue weighted by Gasteiger charge is 2.10. The summed E-state index contributed by atoms with van der Waals surface area (Å²) in [6.45, 7) is 5.56. The largest absolute Gasteiger partial charge is 0.509 e. The second kappa shape index (κ2) is 5.62. The summed E-state index contributed by atoms with van der Waals surface area (Å²) >= 11 is 1.99. The Morgan fingerprint density at radius 1 is 1.45 bits per heavy atom. The number of hydrogen-bond acceptors (Lipinski definition) is 3. The Balaban J connectivity index is 3.52. The molecule has 0 bridgehead atoms. The topological polar surface area (TPSA) is 35.5 Å². The van der Waals surface area contributed by atoms with Crippen LogP contribution in [0.2, 0.25) is 0 Å². The zero-order chi connectivity index (χ0) is 8.85. The van der Waals surface area contributed by atoms with Crippen molar-refractivity contribution in [3.63, 3.8) is 0 Å². The summed E-state index contributed by atoms with van der Waals surface area (Å²) in [6, 6.07) is 0. The maximum Gasteiger partial charge on any atom is 0.509 e. The van der Waals surface area contributed by atoms with E-state index in [1.807, 2.05) is 36.4 Å². The van der Waals surface area contributed by atoms with Crippen LogP contribution in [0.5, 0.6) is 0 Å². The van der Waals surface area contributed by atoms with Crippen molar-refractivity contribution in [3.8, 4) is 0 Å². The molecule has 2 unspecified atom stereocenters. The molecule has 3 nitrogen and oxygen atoms in total. The minimum atomic E-state index is -0.582. The van der Waals surface area contributed by atoms with Crippen LogP contribution in [0.15, 0.2) is 0 Å². The lowest BCUT2D eigenvalue weighted by Crippen LogP contribution is -2.17. The molecule has 0 rings (SSSR count). The fourth-order valence-corrected chi connectivity index (χ4v) is 0.616. The van der Waals surface area contributed by atoms with E-state index in [0.717, 1.165) is 6.42 Å². The number of carbonyl (C=O) groups is 1. The summed E-state index contributed by atoms with van der Waals surface area (Å²) in [5.74, 6) is 0. The minimum absolute atomic E-state index is 0.0577. The highest BCUT2D eigenvalue weighted by Crippen LogP contribution is 2.05. The third-order valence-corrected chi connectivity index (χ3v) is 1.39. The number of alkyl halides is 1. The first kappa shape index (κ1) is 11.0. The van der Waals surface area contributed by atoms with Crippen LogP contribution in [0, 0.1) is 0 Å². The summed E-state index contributed by atoms with van der Waals surface area (Å²) in [4.78, 5) is 10.8. The first-order valence-corrected chi connectivity index (χ1v) is 4.82. The van der Waals surface area contributed by atoms with E-state index in [9.17, 15) is 4.79 Å². The van der Waals surface area contributed by atoms with E-state index in [1.54, 1.807) is 6.92 Å². The molecule has 0 N–H and O–H groups in total. The van der Waals surface area contributed by atoms with Crippen LogP contribution in [-0.4, -0.2) is 16.4 Å². The fourth-order valence-electron chi connectivity index (χ4n) is 0.408. The summed E-state index contributed by atoms with van der Waals surface area (Å²) in [5, 5.41) is 0. The van der Waals surface area contributed by atoms with Gasteiger partial charge in [-0.1, -0.05) is 6.92 Å². The molecule has 0 saturated carbocycles. The summed E-state index contributed by atoms with van der Waals surface area (Å²) in [6.07, 6.45) is 0.170. The van der Waals surface area contributed by atoms with E-state index < -0.39 is 6.16 Å². The van der Waals surface area contributed by atoms with Gasteiger partial charge in [-0.2, -0.15) is 0 Å². The van der Waals surface area contributed by atoms with Crippen molar-refractivity contribution in [1.29, 1.82) is 0 Å². The molecule has 11 heavy (non-hydrogen) atoms. The average Bonchev–Trinajstić information content (AvgIpc) is 1.85. The van der Waals surface area contributed by atoms with Gasteiger partial charge < -0.3 is 9.47 Å². The van der Waals surface area contributed by atoms with Gasteiger partial charge in [-0.05, 0) is 42.9 Å². The molecular formula is C7H13IO3. The van der Waals surface area contributed by atoms with Gasteiger partial charge in [0.25, 0.3) is 0 Å². The molecule has 0 heterocycles. The lowest BCUT2D eigenvalue weighted by molar-refractivity contribution is 0.0277. The predicted octanol–water partition coefficient (Wildman–Crippen LogP) is 2.72. The lowest BCUT2D eigenvalue weighted by Gasteiger charge is -2.11. The molecule has 0 aromatic carbocycles. The van der Waals surface area contributed by atoms with E-state index in [-0.39, 0.29) is 10.2 Å². The maximum atomic E-state index is 10.8. The first-order chi connectivity index (χ1) is 5.06.